The lowest BCUT2D eigenvalue weighted by Gasteiger charge is -2.15. The SMILES string of the molecule is COCCNC(=O)C(C)Nc1ccc(N)c(N)c1. The van der Waals surface area contributed by atoms with E-state index in [1.54, 1.807) is 32.2 Å². The summed E-state index contributed by atoms with van der Waals surface area (Å²) < 4.78 is 4.85. The molecule has 0 spiro atoms. The maximum absolute atomic E-state index is 11.7. The van der Waals surface area contributed by atoms with Gasteiger partial charge >= 0.3 is 0 Å². The third kappa shape index (κ3) is 4.14. The van der Waals surface area contributed by atoms with Crippen LogP contribution in [0.5, 0.6) is 0 Å². The highest BCUT2D eigenvalue weighted by Gasteiger charge is 2.11. The topological polar surface area (TPSA) is 102 Å². The van der Waals surface area contributed by atoms with Gasteiger partial charge in [-0.3, -0.25) is 4.79 Å². The quantitative estimate of drug-likeness (QED) is 0.434. The zero-order chi connectivity index (χ0) is 13.5. The van der Waals surface area contributed by atoms with Crippen molar-refractivity contribution in [2.45, 2.75) is 13.0 Å². The van der Waals surface area contributed by atoms with Crippen LogP contribution in [0.15, 0.2) is 18.2 Å². The zero-order valence-electron chi connectivity index (χ0n) is 10.7. The number of hydrogen-bond donors (Lipinski definition) is 4. The number of nitrogens with one attached hydrogen (secondary N) is 2. The summed E-state index contributed by atoms with van der Waals surface area (Å²) in [5.74, 6) is -0.0950. The number of anilines is 3. The maximum Gasteiger partial charge on any atom is 0.242 e. The summed E-state index contributed by atoms with van der Waals surface area (Å²) in [6.07, 6.45) is 0. The molecule has 0 fully saturated rings. The average molecular weight is 252 g/mol. The Hall–Kier alpha value is -1.95. The molecule has 1 atom stereocenters. The van der Waals surface area contributed by atoms with Crippen molar-refractivity contribution in [1.82, 2.24) is 5.32 Å². The highest BCUT2D eigenvalue weighted by Crippen LogP contribution is 2.20. The Morgan fingerprint density at radius 2 is 2.11 bits per heavy atom. The van der Waals surface area contributed by atoms with Crippen LogP contribution in [-0.2, 0) is 9.53 Å². The Morgan fingerprint density at radius 3 is 2.72 bits per heavy atom. The van der Waals surface area contributed by atoms with E-state index >= 15 is 0 Å². The van der Waals surface area contributed by atoms with Gasteiger partial charge in [0.05, 0.1) is 18.0 Å². The van der Waals surface area contributed by atoms with E-state index in [0.717, 1.165) is 5.69 Å². The first kappa shape index (κ1) is 14.1. The molecule has 6 heteroatoms. The largest absolute Gasteiger partial charge is 0.397 e. The fourth-order valence-electron chi connectivity index (χ4n) is 1.41. The van der Waals surface area contributed by atoms with Crippen molar-refractivity contribution in [1.29, 1.82) is 0 Å². The minimum Gasteiger partial charge on any atom is -0.397 e. The first-order chi connectivity index (χ1) is 8.54. The number of rotatable bonds is 6. The van der Waals surface area contributed by atoms with Crippen LogP contribution in [0.1, 0.15) is 6.92 Å². The van der Waals surface area contributed by atoms with Crippen molar-refractivity contribution in [3.63, 3.8) is 0 Å². The Balaban J connectivity index is 2.50. The molecule has 1 unspecified atom stereocenters. The Labute approximate surface area is 107 Å². The van der Waals surface area contributed by atoms with Crippen LogP contribution < -0.4 is 22.1 Å². The lowest BCUT2D eigenvalue weighted by molar-refractivity contribution is -0.121. The van der Waals surface area contributed by atoms with Crippen LogP contribution >= 0.6 is 0 Å². The van der Waals surface area contributed by atoms with E-state index in [-0.39, 0.29) is 11.9 Å². The van der Waals surface area contributed by atoms with Gasteiger partial charge in [0.25, 0.3) is 0 Å². The fourth-order valence-corrected chi connectivity index (χ4v) is 1.41. The van der Waals surface area contributed by atoms with Crippen LogP contribution in [0.4, 0.5) is 17.1 Å². The molecule has 0 aliphatic carbocycles. The van der Waals surface area contributed by atoms with Crippen molar-refractivity contribution in [2.75, 3.05) is 37.0 Å². The molecular weight excluding hydrogens is 232 g/mol. The smallest absolute Gasteiger partial charge is 0.242 e. The first-order valence-electron chi connectivity index (χ1n) is 5.72. The number of hydrogen-bond acceptors (Lipinski definition) is 5. The molecule has 1 aromatic carbocycles. The molecule has 1 aromatic rings. The minimum absolute atomic E-state index is 0.0950. The second kappa shape index (κ2) is 6.70. The average Bonchev–Trinajstić information content (AvgIpc) is 2.34. The molecule has 0 saturated carbocycles. The van der Waals surface area contributed by atoms with E-state index in [2.05, 4.69) is 10.6 Å². The third-order valence-electron chi connectivity index (χ3n) is 2.47. The van der Waals surface area contributed by atoms with Gasteiger partial charge in [-0.1, -0.05) is 0 Å². The number of nitrogens with two attached hydrogens (primary N) is 2. The lowest BCUT2D eigenvalue weighted by Crippen LogP contribution is -2.39. The summed E-state index contributed by atoms with van der Waals surface area (Å²) in [5.41, 5.74) is 13.1. The second-order valence-corrected chi connectivity index (χ2v) is 3.99. The van der Waals surface area contributed by atoms with Crippen molar-refractivity contribution in [3.8, 4) is 0 Å². The summed E-state index contributed by atoms with van der Waals surface area (Å²) in [6.45, 7) is 2.76. The van der Waals surface area contributed by atoms with Crippen molar-refractivity contribution >= 4 is 23.0 Å². The standard InChI is InChI=1S/C12H20N4O2/c1-8(12(17)15-5-6-18-2)16-9-3-4-10(13)11(14)7-9/h3-4,7-8,16H,5-6,13-14H2,1-2H3,(H,15,17). The number of methoxy groups -OCH3 is 1. The molecule has 1 amide bonds. The molecule has 18 heavy (non-hydrogen) atoms. The van der Waals surface area contributed by atoms with E-state index in [9.17, 15) is 4.79 Å². The van der Waals surface area contributed by atoms with Crippen molar-refractivity contribution in [3.05, 3.63) is 18.2 Å². The van der Waals surface area contributed by atoms with E-state index in [1.807, 2.05) is 0 Å². The molecule has 0 saturated heterocycles. The molecule has 0 aliphatic heterocycles. The summed E-state index contributed by atoms with van der Waals surface area (Å²) in [5, 5.41) is 5.80. The van der Waals surface area contributed by atoms with Gasteiger partial charge in [-0.05, 0) is 25.1 Å². The molecule has 0 heterocycles. The summed E-state index contributed by atoms with van der Waals surface area (Å²) in [7, 11) is 1.59. The Bertz CT molecular complexity index is 409. The zero-order valence-corrected chi connectivity index (χ0v) is 10.7. The van der Waals surface area contributed by atoms with Crippen LogP contribution in [-0.4, -0.2) is 32.2 Å². The second-order valence-electron chi connectivity index (χ2n) is 3.99. The number of ether oxygens (including phenoxy) is 1. The monoisotopic (exact) mass is 252 g/mol. The van der Waals surface area contributed by atoms with Crippen LogP contribution in [0.2, 0.25) is 0 Å². The van der Waals surface area contributed by atoms with Gasteiger partial charge in [-0.25, -0.2) is 0 Å². The van der Waals surface area contributed by atoms with Gasteiger partial charge in [0.15, 0.2) is 0 Å². The molecule has 6 nitrogen and oxygen atoms in total. The minimum atomic E-state index is -0.357. The predicted molar refractivity (Wildman–Crippen MR) is 73.2 cm³/mol. The highest BCUT2D eigenvalue weighted by molar-refractivity contribution is 5.84. The van der Waals surface area contributed by atoms with E-state index < -0.39 is 0 Å². The van der Waals surface area contributed by atoms with Gasteiger partial charge in [0, 0.05) is 19.3 Å². The number of carbonyl (C=O) groups is 1. The number of amides is 1. The molecule has 0 bridgehead atoms. The van der Waals surface area contributed by atoms with Gasteiger partial charge in [-0.15, -0.1) is 0 Å². The summed E-state index contributed by atoms with van der Waals surface area (Å²) in [6, 6.07) is 4.83. The normalized spacial score (nSPS) is 11.9. The van der Waals surface area contributed by atoms with Gasteiger partial charge in [-0.2, -0.15) is 0 Å². The molecule has 0 aromatic heterocycles. The van der Waals surface area contributed by atoms with E-state index in [1.165, 1.54) is 0 Å². The van der Waals surface area contributed by atoms with E-state index in [4.69, 9.17) is 16.2 Å². The van der Waals surface area contributed by atoms with Crippen LogP contribution in [0.3, 0.4) is 0 Å². The number of benzene rings is 1. The summed E-state index contributed by atoms with van der Waals surface area (Å²) >= 11 is 0. The van der Waals surface area contributed by atoms with Crippen molar-refractivity contribution in [2.24, 2.45) is 0 Å². The molecule has 0 radical (unpaired) electrons. The van der Waals surface area contributed by atoms with Crippen LogP contribution in [0.25, 0.3) is 0 Å². The van der Waals surface area contributed by atoms with Crippen LogP contribution in [0, 0.1) is 0 Å². The van der Waals surface area contributed by atoms with E-state index in [0.29, 0.717) is 24.5 Å². The third-order valence-corrected chi connectivity index (χ3v) is 2.47. The number of carbonyl (C=O) groups excluding carboxylic acids is 1. The molecule has 100 valence electrons. The predicted octanol–water partition coefficient (Wildman–Crippen LogP) is 0.414. The lowest BCUT2D eigenvalue weighted by atomic mass is 10.2. The highest BCUT2D eigenvalue weighted by atomic mass is 16.5. The van der Waals surface area contributed by atoms with Crippen molar-refractivity contribution < 1.29 is 9.53 Å². The molecule has 0 aliphatic rings. The Morgan fingerprint density at radius 1 is 1.39 bits per heavy atom. The first-order valence-corrected chi connectivity index (χ1v) is 5.72. The van der Waals surface area contributed by atoms with Gasteiger partial charge in [0.1, 0.15) is 6.04 Å². The van der Waals surface area contributed by atoms with Gasteiger partial charge in [0.2, 0.25) is 5.91 Å². The maximum atomic E-state index is 11.7. The molecular formula is C12H20N4O2. The fraction of sp³-hybridized carbons (Fsp3) is 0.417. The summed E-state index contributed by atoms with van der Waals surface area (Å²) in [4.78, 5) is 11.7. The Kier molecular flexibility index (Phi) is 5.26. The molecule has 6 N–H and O–H groups in total. The molecule has 1 rings (SSSR count). The number of nitrogen functional groups attached to an aromatic ring is 2. The van der Waals surface area contributed by atoms with Gasteiger partial charge < -0.3 is 26.8 Å².